The number of likely N-dealkylation sites (tertiary alicyclic amines) is 1. The Morgan fingerprint density at radius 1 is 0.885 bits per heavy atom. The number of hydrogen-bond acceptors (Lipinski definition) is 3. The van der Waals surface area contributed by atoms with Gasteiger partial charge in [0.05, 0.1) is 6.17 Å². The van der Waals surface area contributed by atoms with Crippen molar-refractivity contribution in [2.75, 3.05) is 5.32 Å². The highest BCUT2D eigenvalue weighted by atomic mass is 15.4. The predicted octanol–water partition coefficient (Wildman–Crippen LogP) is 5.23. The van der Waals surface area contributed by atoms with Gasteiger partial charge in [0.15, 0.2) is 0 Å². The second-order valence-electron chi connectivity index (χ2n) is 9.88. The van der Waals surface area contributed by atoms with E-state index >= 15 is 0 Å². The van der Waals surface area contributed by atoms with E-state index in [0.29, 0.717) is 17.9 Å². The fourth-order valence-electron chi connectivity index (χ4n) is 5.24. The second-order valence-corrected chi connectivity index (χ2v) is 9.88. The molecule has 4 rings (SSSR count). The fraction of sp³-hybridized carbons (Fsp3) is 0.522. The molecule has 2 aromatic rings. The van der Waals surface area contributed by atoms with Crippen molar-refractivity contribution in [2.45, 2.75) is 71.1 Å². The molecule has 4 atom stereocenters. The van der Waals surface area contributed by atoms with Crippen LogP contribution in [0.4, 0.5) is 5.82 Å². The molecule has 4 unspecified atom stereocenters. The fourth-order valence-corrected chi connectivity index (χ4v) is 5.24. The van der Waals surface area contributed by atoms with Crippen molar-refractivity contribution in [3.63, 3.8) is 0 Å². The van der Waals surface area contributed by atoms with Crippen molar-refractivity contribution in [1.29, 1.82) is 0 Å². The van der Waals surface area contributed by atoms with Crippen LogP contribution < -0.4 is 5.32 Å². The molecule has 2 aliphatic heterocycles. The van der Waals surface area contributed by atoms with Crippen molar-refractivity contribution in [3.05, 3.63) is 59.8 Å². The summed E-state index contributed by atoms with van der Waals surface area (Å²) in [5.41, 5.74) is 3.04. The van der Waals surface area contributed by atoms with Crippen molar-refractivity contribution in [1.82, 2.24) is 9.88 Å². The molecule has 1 aromatic heterocycles. The van der Waals surface area contributed by atoms with Gasteiger partial charge < -0.3 is 5.32 Å². The van der Waals surface area contributed by atoms with Gasteiger partial charge in [-0.1, -0.05) is 57.2 Å². The van der Waals surface area contributed by atoms with E-state index < -0.39 is 0 Å². The van der Waals surface area contributed by atoms with Crippen molar-refractivity contribution < 1.29 is 0 Å². The molecule has 3 heteroatoms. The zero-order valence-electron chi connectivity index (χ0n) is 16.8. The van der Waals surface area contributed by atoms with Crippen LogP contribution in [0.2, 0.25) is 0 Å². The Kier molecular flexibility index (Phi) is 3.92. The molecule has 0 bridgehead atoms. The van der Waals surface area contributed by atoms with Gasteiger partial charge in [0.25, 0.3) is 0 Å². The van der Waals surface area contributed by atoms with Gasteiger partial charge in [-0.2, -0.15) is 0 Å². The van der Waals surface area contributed by atoms with Crippen LogP contribution in [0.5, 0.6) is 0 Å². The number of hydrogen-bond donors (Lipinski definition) is 1. The number of aromatic nitrogens is 1. The first kappa shape index (κ1) is 17.5. The first-order valence-corrected chi connectivity index (χ1v) is 9.74. The van der Waals surface area contributed by atoms with Gasteiger partial charge in [-0.15, -0.1) is 0 Å². The Morgan fingerprint density at radius 2 is 1.58 bits per heavy atom. The summed E-state index contributed by atoms with van der Waals surface area (Å²) in [7, 11) is 0. The van der Waals surface area contributed by atoms with E-state index in [2.05, 4.69) is 99.2 Å². The summed E-state index contributed by atoms with van der Waals surface area (Å²) in [5.74, 6) is 1.92. The normalized spacial score (nSPS) is 28.5. The molecule has 1 N–H and O–H groups in total. The monoisotopic (exact) mass is 349 g/mol. The maximum Gasteiger partial charge on any atom is 0.130 e. The van der Waals surface area contributed by atoms with E-state index in [9.17, 15) is 0 Å². The Morgan fingerprint density at radius 3 is 2.19 bits per heavy atom. The number of benzene rings is 1. The molecule has 3 heterocycles. The highest BCUT2D eigenvalue weighted by Crippen LogP contribution is 2.58. The van der Waals surface area contributed by atoms with Gasteiger partial charge in [0.1, 0.15) is 5.82 Å². The quantitative estimate of drug-likeness (QED) is 0.764. The molecule has 0 spiro atoms. The Labute approximate surface area is 157 Å². The molecule has 0 amide bonds. The zero-order chi connectivity index (χ0) is 18.7. The molecule has 0 radical (unpaired) electrons. The third-order valence-corrected chi connectivity index (χ3v) is 6.00. The Balaban J connectivity index is 1.93. The van der Waals surface area contributed by atoms with Gasteiger partial charge in [0, 0.05) is 35.2 Å². The molecule has 0 saturated carbocycles. The van der Waals surface area contributed by atoms with Crippen LogP contribution in [-0.4, -0.2) is 27.6 Å². The van der Waals surface area contributed by atoms with Crippen molar-refractivity contribution in [3.8, 4) is 0 Å². The van der Waals surface area contributed by atoms with E-state index in [4.69, 9.17) is 0 Å². The van der Waals surface area contributed by atoms with Crippen LogP contribution in [0.25, 0.3) is 0 Å². The van der Waals surface area contributed by atoms with Crippen LogP contribution in [0.15, 0.2) is 48.7 Å². The third kappa shape index (κ3) is 2.64. The minimum Gasteiger partial charge on any atom is -0.354 e. The summed E-state index contributed by atoms with van der Waals surface area (Å²) in [5, 5.41) is 3.77. The molecule has 1 saturated heterocycles. The van der Waals surface area contributed by atoms with E-state index in [-0.39, 0.29) is 17.1 Å². The molecule has 3 nitrogen and oxygen atoms in total. The molecular formula is C23H31N3. The molecule has 1 fully saturated rings. The van der Waals surface area contributed by atoms with Gasteiger partial charge >= 0.3 is 0 Å². The second kappa shape index (κ2) is 5.82. The van der Waals surface area contributed by atoms with Gasteiger partial charge in [-0.3, -0.25) is 4.90 Å². The van der Waals surface area contributed by atoms with Crippen molar-refractivity contribution >= 4 is 5.82 Å². The summed E-state index contributed by atoms with van der Waals surface area (Å²) >= 11 is 0. The lowest BCUT2D eigenvalue weighted by Crippen LogP contribution is -2.55. The average Bonchev–Trinajstić information content (AvgIpc) is 3.08. The lowest BCUT2D eigenvalue weighted by molar-refractivity contribution is 0.0282. The van der Waals surface area contributed by atoms with E-state index in [1.165, 1.54) is 11.1 Å². The third-order valence-electron chi connectivity index (χ3n) is 6.00. The zero-order valence-corrected chi connectivity index (χ0v) is 16.8. The smallest absolute Gasteiger partial charge is 0.130 e. The number of nitrogens with one attached hydrogen (secondary N) is 1. The highest BCUT2D eigenvalue weighted by molar-refractivity contribution is 5.57. The van der Waals surface area contributed by atoms with Crippen LogP contribution in [0, 0.1) is 5.41 Å². The summed E-state index contributed by atoms with van der Waals surface area (Å²) in [6.45, 7) is 14.2. The lowest BCUT2D eigenvalue weighted by atomic mass is 9.72. The van der Waals surface area contributed by atoms with Crippen LogP contribution in [0.3, 0.4) is 0 Å². The maximum atomic E-state index is 4.64. The number of fused-ring (bicyclic) bond motifs is 3. The van der Waals surface area contributed by atoms with E-state index in [0.717, 1.165) is 5.82 Å². The molecular weight excluding hydrogens is 318 g/mol. The average molecular weight is 350 g/mol. The van der Waals surface area contributed by atoms with Gasteiger partial charge in [-0.25, -0.2) is 4.98 Å². The predicted molar refractivity (Wildman–Crippen MR) is 108 cm³/mol. The molecule has 1 aromatic carbocycles. The van der Waals surface area contributed by atoms with Gasteiger partial charge in [0.2, 0.25) is 0 Å². The van der Waals surface area contributed by atoms with E-state index in [1.54, 1.807) is 0 Å². The number of anilines is 1. The molecule has 26 heavy (non-hydrogen) atoms. The molecule has 2 aliphatic rings. The lowest BCUT2D eigenvalue weighted by Gasteiger charge is -2.47. The molecule has 138 valence electrons. The van der Waals surface area contributed by atoms with Crippen LogP contribution >= 0.6 is 0 Å². The van der Waals surface area contributed by atoms with Crippen LogP contribution in [0.1, 0.15) is 64.5 Å². The maximum absolute atomic E-state index is 4.64. The first-order chi connectivity index (χ1) is 12.2. The summed E-state index contributed by atoms with van der Waals surface area (Å²) < 4.78 is 0. The SMILES string of the molecule is CC(C)(C)C1C(c2ccccc2)C2c3cccnc3NC2N1C(C)(C)C. The standard InChI is InChI=1S/C23H31N3/c1-22(2,3)19-17(15-11-8-7-9-12-15)18-16-13-10-14-24-20(16)25-21(18)26(19)23(4,5)6/h7-14,17-19,21H,1-6H3,(H,24,25). The first-order valence-electron chi connectivity index (χ1n) is 9.74. The van der Waals surface area contributed by atoms with Crippen molar-refractivity contribution in [2.24, 2.45) is 5.41 Å². The number of rotatable bonds is 1. The summed E-state index contributed by atoms with van der Waals surface area (Å²) in [6, 6.07) is 15.9. The summed E-state index contributed by atoms with van der Waals surface area (Å²) in [4.78, 5) is 7.36. The number of nitrogens with zero attached hydrogens (tertiary/aromatic N) is 2. The highest BCUT2D eigenvalue weighted by Gasteiger charge is 2.59. The minimum absolute atomic E-state index is 0.0689. The topological polar surface area (TPSA) is 28.2 Å². The van der Waals surface area contributed by atoms with E-state index in [1.807, 2.05) is 6.20 Å². The Hall–Kier alpha value is -1.87. The Bertz CT molecular complexity index is 785. The molecule has 0 aliphatic carbocycles. The number of pyridine rings is 1. The largest absolute Gasteiger partial charge is 0.354 e. The van der Waals surface area contributed by atoms with Gasteiger partial charge in [-0.05, 0) is 37.8 Å². The van der Waals surface area contributed by atoms with Crippen LogP contribution in [-0.2, 0) is 0 Å². The minimum atomic E-state index is 0.0689. The summed E-state index contributed by atoms with van der Waals surface area (Å²) in [6.07, 6.45) is 2.18.